The van der Waals surface area contributed by atoms with E-state index in [-0.39, 0.29) is 25.5 Å². The van der Waals surface area contributed by atoms with Crippen LogP contribution < -0.4 is 14.2 Å². The number of benzene rings is 1. The second kappa shape index (κ2) is 11.8. The van der Waals surface area contributed by atoms with Crippen molar-refractivity contribution < 1.29 is 27.1 Å². The van der Waals surface area contributed by atoms with Gasteiger partial charge in [0, 0.05) is 43.0 Å². The average Bonchev–Trinajstić information content (AvgIpc) is 3.26. The smallest absolute Gasteiger partial charge is 0.231 e. The van der Waals surface area contributed by atoms with Crippen molar-refractivity contribution >= 4 is 15.9 Å². The first-order valence-corrected chi connectivity index (χ1v) is 13.1. The number of pyridine rings is 1. The Morgan fingerprint density at radius 3 is 2.34 bits per heavy atom. The van der Waals surface area contributed by atoms with E-state index in [0.29, 0.717) is 42.1 Å². The summed E-state index contributed by atoms with van der Waals surface area (Å²) >= 11 is 0. The number of carbonyl (C=O) groups is 1. The second-order valence-electron chi connectivity index (χ2n) is 7.66. The Kier molecular flexibility index (Phi) is 8.83. The molecule has 35 heavy (non-hydrogen) atoms. The van der Waals surface area contributed by atoms with Crippen molar-refractivity contribution in [2.45, 2.75) is 20.3 Å². The van der Waals surface area contributed by atoms with Gasteiger partial charge in [0.2, 0.25) is 27.7 Å². The quantitative estimate of drug-likeness (QED) is 0.375. The molecular formula is C24H30N4O6S. The number of amides is 1. The first-order valence-electron chi connectivity index (χ1n) is 11.2. The van der Waals surface area contributed by atoms with Gasteiger partial charge in [-0.25, -0.2) is 23.1 Å². The van der Waals surface area contributed by atoms with Gasteiger partial charge in [0.1, 0.15) is 24.5 Å². The second-order valence-corrected chi connectivity index (χ2v) is 9.49. The normalized spacial score (nSPS) is 11.3. The number of hydrogen-bond acceptors (Lipinski definition) is 8. The van der Waals surface area contributed by atoms with Crippen LogP contribution in [0.2, 0.25) is 0 Å². The standard InChI is InChI=1S/C24H30N4O6S/c1-5-28(6-2)22(29)15-21-27-23(18-9-12-20(32-3)25-16-18)24(34-21)17-7-10-19(11-8-17)33-14-13-26-35(4,30)31/h7-12,16,26H,5-6,13-15H2,1-4H3. The van der Waals surface area contributed by atoms with Gasteiger partial charge in [-0.2, -0.15) is 0 Å². The minimum Gasteiger partial charge on any atom is -0.492 e. The number of hydrogen-bond donors (Lipinski definition) is 1. The van der Waals surface area contributed by atoms with Crippen LogP contribution in [0.4, 0.5) is 0 Å². The summed E-state index contributed by atoms with van der Waals surface area (Å²) in [4.78, 5) is 23.2. The van der Waals surface area contributed by atoms with E-state index < -0.39 is 10.0 Å². The van der Waals surface area contributed by atoms with E-state index >= 15 is 0 Å². The molecule has 0 radical (unpaired) electrons. The van der Waals surface area contributed by atoms with Gasteiger partial charge in [-0.3, -0.25) is 4.79 Å². The molecule has 3 rings (SSSR count). The Hall–Kier alpha value is -3.44. The molecule has 3 aromatic rings. The summed E-state index contributed by atoms with van der Waals surface area (Å²) in [5, 5.41) is 0. The summed E-state index contributed by atoms with van der Waals surface area (Å²) in [5.74, 6) is 1.81. The first-order chi connectivity index (χ1) is 16.7. The van der Waals surface area contributed by atoms with Crippen LogP contribution in [-0.2, 0) is 21.2 Å². The highest BCUT2D eigenvalue weighted by molar-refractivity contribution is 7.88. The largest absolute Gasteiger partial charge is 0.492 e. The van der Waals surface area contributed by atoms with Crippen LogP contribution in [0.1, 0.15) is 19.7 Å². The third kappa shape index (κ3) is 7.27. The zero-order chi connectivity index (χ0) is 25.4. The zero-order valence-electron chi connectivity index (χ0n) is 20.3. The summed E-state index contributed by atoms with van der Waals surface area (Å²) in [5.41, 5.74) is 2.03. The van der Waals surface area contributed by atoms with Gasteiger partial charge in [0.25, 0.3) is 0 Å². The van der Waals surface area contributed by atoms with E-state index in [1.54, 1.807) is 36.4 Å². The molecule has 0 spiro atoms. The molecule has 11 heteroatoms. The van der Waals surface area contributed by atoms with E-state index in [1.807, 2.05) is 32.0 Å². The predicted molar refractivity (Wildman–Crippen MR) is 132 cm³/mol. The number of oxazole rings is 1. The fourth-order valence-electron chi connectivity index (χ4n) is 3.39. The van der Waals surface area contributed by atoms with E-state index in [4.69, 9.17) is 13.9 Å². The minimum absolute atomic E-state index is 0.0484. The zero-order valence-corrected chi connectivity index (χ0v) is 21.1. The summed E-state index contributed by atoms with van der Waals surface area (Å²) < 4.78 is 41.5. The molecule has 0 aliphatic rings. The Morgan fingerprint density at radius 2 is 1.77 bits per heavy atom. The van der Waals surface area contributed by atoms with E-state index in [0.717, 1.165) is 17.4 Å². The van der Waals surface area contributed by atoms with Crippen LogP contribution in [0.5, 0.6) is 11.6 Å². The van der Waals surface area contributed by atoms with E-state index in [1.165, 1.54) is 0 Å². The molecule has 0 aliphatic heterocycles. The lowest BCUT2D eigenvalue weighted by molar-refractivity contribution is -0.130. The predicted octanol–water partition coefficient (Wildman–Crippen LogP) is 2.75. The molecule has 0 saturated carbocycles. The number of ether oxygens (including phenoxy) is 2. The van der Waals surface area contributed by atoms with Crippen LogP contribution in [0.15, 0.2) is 47.0 Å². The maximum atomic E-state index is 12.6. The van der Waals surface area contributed by atoms with Gasteiger partial charge in [-0.15, -0.1) is 0 Å². The Morgan fingerprint density at radius 1 is 1.09 bits per heavy atom. The topological polar surface area (TPSA) is 124 Å². The van der Waals surface area contributed by atoms with Crippen molar-refractivity contribution in [3.05, 3.63) is 48.5 Å². The number of carbonyl (C=O) groups excluding carboxylic acids is 1. The molecule has 0 fully saturated rings. The highest BCUT2D eigenvalue weighted by Gasteiger charge is 2.21. The number of nitrogens with one attached hydrogen (secondary N) is 1. The van der Waals surface area contributed by atoms with Crippen molar-refractivity contribution in [2.24, 2.45) is 0 Å². The van der Waals surface area contributed by atoms with E-state index in [9.17, 15) is 13.2 Å². The van der Waals surface area contributed by atoms with Crippen LogP contribution in [-0.4, -0.2) is 68.8 Å². The number of nitrogens with zero attached hydrogens (tertiary/aromatic N) is 3. The molecule has 2 aromatic heterocycles. The average molecular weight is 503 g/mol. The van der Waals surface area contributed by atoms with Crippen LogP contribution in [0, 0.1) is 0 Å². The highest BCUT2D eigenvalue weighted by atomic mass is 32.2. The molecule has 0 unspecified atom stereocenters. The van der Waals surface area contributed by atoms with Gasteiger partial charge in [0.05, 0.1) is 13.4 Å². The van der Waals surface area contributed by atoms with Crippen molar-refractivity contribution in [1.82, 2.24) is 19.6 Å². The number of sulfonamides is 1. The third-order valence-electron chi connectivity index (χ3n) is 5.16. The van der Waals surface area contributed by atoms with Gasteiger partial charge in [-0.1, -0.05) is 0 Å². The van der Waals surface area contributed by atoms with Gasteiger partial charge >= 0.3 is 0 Å². The Bertz CT molecular complexity index is 1220. The lowest BCUT2D eigenvalue weighted by atomic mass is 10.1. The summed E-state index contributed by atoms with van der Waals surface area (Å²) in [6.07, 6.45) is 2.79. The first kappa shape index (κ1) is 26.2. The maximum Gasteiger partial charge on any atom is 0.231 e. The molecule has 0 atom stereocenters. The number of aromatic nitrogens is 2. The molecule has 188 valence electrons. The van der Waals surface area contributed by atoms with Crippen molar-refractivity contribution in [3.63, 3.8) is 0 Å². The van der Waals surface area contributed by atoms with Crippen LogP contribution >= 0.6 is 0 Å². The number of rotatable bonds is 12. The molecule has 0 saturated heterocycles. The van der Waals surface area contributed by atoms with Crippen LogP contribution in [0.25, 0.3) is 22.6 Å². The molecular weight excluding hydrogens is 472 g/mol. The minimum atomic E-state index is -3.26. The molecule has 1 N–H and O–H groups in total. The van der Waals surface area contributed by atoms with Gasteiger partial charge in [0.15, 0.2) is 5.76 Å². The highest BCUT2D eigenvalue weighted by Crippen LogP contribution is 2.34. The molecule has 2 heterocycles. The lowest BCUT2D eigenvalue weighted by Gasteiger charge is -2.17. The van der Waals surface area contributed by atoms with Crippen LogP contribution in [0.3, 0.4) is 0 Å². The monoisotopic (exact) mass is 502 g/mol. The summed E-state index contributed by atoms with van der Waals surface area (Å²) in [7, 11) is -1.72. The Labute approximate surface area is 205 Å². The van der Waals surface area contributed by atoms with E-state index in [2.05, 4.69) is 14.7 Å². The fraction of sp³-hybridized carbons (Fsp3) is 0.375. The summed E-state index contributed by atoms with van der Waals surface area (Å²) in [6.45, 7) is 5.43. The molecule has 1 amide bonds. The van der Waals surface area contributed by atoms with Crippen molar-refractivity contribution in [2.75, 3.05) is 39.6 Å². The molecule has 0 aliphatic carbocycles. The Balaban J connectivity index is 1.85. The number of methoxy groups -OCH3 is 1. The molecule has 10 nitrogen and oxygen atoms in total. The maximum absolute atomic E-state index is 12.6. The molecule has 0 bridgehead atoms. The fourth-order valence-corrected chi connectivity index (χ4v) is 3.84. The van der Waals surface area contributed by atoms with Gasteiger partial charge in [-0.05, 0) is 44.2 Å². The van der Waals surface area contributed by atoms with Crippen molar-refractivity contribution in [3.8, 4) is 34.2 Å². The number of likely N-dealkylation sites (N-methyl/N-ethyl adjacent to an activating group) is 1. The van der Waals surface area contributed by atoms with Gasteiger partial charge < -0.3 is 18.8 Å². The third-order valence-corrected chi connectivity index (χ3v) is 5.89. The SMILES string of the molecule is CCN(CC)C(=O)Cc1nc(-c2ccc(OC)nc2)c(-c2ccc(OCCNS(C)(=O)=O)cc2)o1. The molecule has 1 aromatic carbocycles. The lowest BCUT2D eigenvalue weighted by Crippen LogP contribution is -2.31. The van der Waals surface area contributed by atoms with Crippen molar-refractivity contribution in [1.29, 1.82) is 0 Å². The summed E-state index contributed by atoms with van der Waals surface area (Å²) in [6, 6.07) is 10.7.